The van der Waals surface area contributed by atoms with Crippen LogP contribution < -0.4 is 11.1 Å². The van der Waals surface area contributed by atoms with Crippen molar-refractivity contribution in [3.05, 3.63) is 0 Å². The first-order chi connectivity index (χ1) is 7.72. The summed E-state index contributed by atoms with van der Waals surface area (Å²) in [6.07, 6.45) is 4.75. The predicted octanol–water partition coefficient (Wildman–Crippen LogP) is 1.44. The zero-order valence-corrected chi connectivity index (χ0v) is 10.6. The Balaban J connectivity index is 3.35. The molecule has 0 fully saturated rings. The molecular formula is C12H26N2O2. The van der Waals surface area contributed by atoms with Crippen molar-refractivity contribution in [1.82, 2.24) is 5.32 Å². The summed E-state index contributed by atoms with van der Waals surface area (Å²) in [5, 5.41) is 2.82. The van der Waals surface area contributed by atoms with Gasteiger partial charge in [-0.15, -0.1) is 0 Å². The number of carbonyl (C=O) groups excluding carboxylic acids is 1. The molecule has 4 heteroatoms. The Bertz CT molecular complexity index is 174. The van der Waals surface area contributed by atoms with E-state index in [2.05, 4.69) is 19.2 Å². The fourth-order valence-electron chi connectivity index (χ4n) is 1.32. The van der Waals surface area contributed by atoms with Gasteiger partial charge < -0.3 is 15.8 Å². The summed E-state index contributed by atoms with van der Waals surface area (Å²) in [4.78, 5) is 11.5. The zero-order valence-electron chi connectivity index (χ0n) is 10.6. The molecule has 0 bridgehead atoms. The van der Waals surface area contributed by atoms with E-state index in [0.29, 0.717) is 13.2 Å². The largest absolute Gasteiger partial charge is 0.381 e. The highest BCUT2D eigenvalue weighted by Crippen LogP contribution is 1.97. The summed E-state index contributed by atoms with van der Waals surface area (Å²) in [6.45, 7) is 6.33. The van der Waals surface area contributed by atoms with Gasteiger partial charge in [-0.1, -0.05) is 26.7 Å². The summed E-state index contributed by atoms with van der Waals surface area (Å²) in [5.41, 5.74) is 5.72. The third-order valence-electron chi connectivity index (χ3n) is 2.32. The number of unbranched alkanes of at least 4 members (excludes halogenated alkanes) is 1. The van der Waals surface area contributed by atoms with Crippen molar-refractivity contribution >= 4 is 5.91 Å². The number of hydrogen-bond donors (Lipinski definition) is 2. The van der Waals surface area contributed by atoms with E-state index >= 15 is 0 Å². The van der Waals surface area contributed by atoms with E-state index < -0.39 is 0 Å². The Morgan fingerprint density at radius 3 is 2.62 bits per heavy atom. The second-order valence-corrected chi connectivity index (χ2v) is 4.01. The number of amides is 1. The normalized spacial score (nSPS) is 12.4. The second-order valence-electron chi connectivity index (χ2n) is 4.01. The van der Waals surface area contributed by atoms with Crippen LogP contribution in [0.15, 0.2) is 0 Å². The molecule has 0 aliphatic rings. The molecule has 0 aromatic carbocycles. The highest BCUT2D eigenvalue weighted by Gasteiger charge is 2.11. The van der Waals surface area contributed by atoms with Crippen LogP contribution in [0.25, 0.3) is 0 Å². The third kappa shape index (κ3) is 8.68. The molecule has 1 atom stereocenters. The monoisotopic (exact) mass is 230 g/mol. The van der Waals surface area contributed by atoms with E-state index in [1.807, 2.05) is 0 Å². The summed E-state index contributed by atoms with van der Waals surface area (Å²) in [7, 11) is 0. The number of rotatable bonds is 10. The van der Waals surface area contributed by atoms with Crippen molar-refractivity contribution in [3.63, 3.8) is 0 Å². The van der Waals surface area contributed by atoms with Gasteiger partial charge in [0.25, 0.3) is 0 Å². The molecule has 1 amide bonds. The van der Waals surface area contributed by atoms with Gasteiger partial charge >= 0.3 is 0 Å². The smallest absolute Gasteiger partial charge is 0.236 e. The SMILES string of the molecule is CCCCC(N)C(=O)NCCCOCCC. The lowest BCUT2D eigenvalue weighted by Gasteiger charge is -2.11. The Hall–Kier alpha value is -0.610. The van der Waals surface area contributed by atoms with Gasteiger partial charge in [0.1, 0.15) is 0 Å². The average Bonchev–Trinajstić information content (AvgIpc) is 2.30. The van der Waals surface area contributed by atoms with E-state index in [0.717, 1.165) is 38.7 Å². The summed E-state index contributed by atoms with van der Waals surface area (Å²) in [5.74, 6) is -0.0380. The number of nitrogens with two attached hydrogens (primary N) is 1. The molecule has 1 unspecified atom stereocenters. The Labute approximate surface area is 98.9 Å². The molecule has 0 saturated heterocycles. The molecule has 4 nitrogen and oxygen atoms in total. The van der Waals surface area contributed by atoms with Crippen LogP contribution in [0.4, 0.5) is 0 Å². The minimum absolute atomic E-state index is 0.0380. The molecule has 0 spiro atoms. The summed E-state index contributed by atoms with van der Waals surface area (Å²) in [6, 6.07) is -0.350. The van der Waals surface area contributed by atoms with Crippen molar-refractivity contribution in [2.75, 3.05) is 19.8 Å². The minimum Gasteiger partial charge on any atom is -0.381 e. The topological polar surface area (TPSA) is 64.4 Å². The molecule has 0 aliphatic carbocycles. The molecule has 3 N–H and O–H groups in total. The lowest BCUT2D eigenvalue weighted by atomic mass is 10.1. The quantitative estimate of drug-likeness (QED) is 0.558. The maximum atomic E-state index is 11.5. The molecular weight excluding hydrogens is 204 g/mol. The van der Waals surface area contributed by atoms with E-state index in [-0.39, 0.29) is 11.9 Å². The van der Waals surface area contributed by atoms with E-state index in [9.17, 15) is 4.79 Å². The molecule has 0 rings (SSSR count). The molecule has 0 aromatic rings. The average molecular weight is 230 g/mol. The standard InChI is InChI=1S/C12H26N2O2/c1-3-5-7-11(13)12(15)14-8-6-10-16-9-4-2/h11H,3-10,13H2,1-2H3,(H,14,15). The lowest BCUT2D eigenvalue weighted by Crippen LogP contribution is -2.41. The van der Waals surface area contributed by atoms with Crippen LogP contribution >= 0.6 is 0 Å². The maximum absolute atomic E-state index is 11.5. The summed E-state index contributed by atoms with van der Waals surface area (Å²) >= 11 is 0. The summed E-state index contributed by atoms with van der Waals surface area (Å²) < 4.78 is 5.31. The van der Waals surface area contributed by atoms with Gasteiger partial charge in [0.05, 0.1) is 6.04 Å². The van der Waals surface area contributed by atoms with Crippen LogP contribution in [-0.2, 0) is 9.53 Å². The first-order valence-electron chi connectivity index (χ1n) is 6.33. The van der Waals surface area contributed by atoms with Gasteiger partial charge in [0.2, 0.25) is 5.91 Å². The van der Waals surface area contributed by atoms with Crippen molar-refractivity contribution in [2.45, 2.75) is 52.0 Å². The van der Waals surface area contributed by atoms with Gasteiger partial charge in [-0.05, 0) is 19.3 Å². The second kappa shape index (κ2) is 10.9. The molecule has 0 saturated carbocycles. The maximum Gasteiger partial charge on any atom is 0.236 e. The number of nitrogens with one attached hydrogen (secondary N) is 1. The highest BCUT2D eigenvalue weighted by molar-refractivity contribution is 5.81. The molecule has 0 aliphatic heterocycles. The van der Waals surface area contributed by atoms with Gasteiger partial charge in [0.15, 0.2) is 0 Å². The molecule has 96 valence electrons. The third-order valence-corrected chi connectivity index (χ3v) is 2.32. The fourth-order valence-corrected chi connectivity index (χ4v) is 1.32. The Morgan fingerprint density at radius 1 is 1.25 bits per heavy atom. The van der Waals surface area contributed by atoms with E-state index in [1.165, 1.54) is 0 Å². The highest BCUT2D eigenvalue weighted by atomic mass is 16.5. The molecule has 0 heterocycles. The van der Waals surface area contributed by atoms with Crippen LogP contribution in [0.3, 0.4) is 0 Å². The number of carbonyl (C=O) groups is 1. The van der Waals surface area contributed by atoms with Gasteiger partial charge in [0, 0.05) is 19.8 Å². The van der Waals surface area contributed by atoms with Crippen molar-refractivity contribution < 1.29 is 9.53 Å². The first kappa shape index (κ1) is 15.4. The molecule has 0 radical (unpaired) electrons. The van der Waals surface area contributed by atoms with Gasteiger partial charge in [-0.25, -0.2) is 0 Å². The first-order valence-corrected chi connectivity index (χ1v) is 6.33. The van der Waals surface area contributed by atoms with E-state index in [4.69, 9.17) is 10.5 Å². The Kier molecular flexibility index (Phi) is 10.5. The van der Waals surface area contributed by atoms with E-state index in [1.54, 1.807) is 0 Å². The van der Waals surface area contributed by atoms with Crippen molar-refractivity contribution in [1.29, 1.82) is 0 Å². The lowest BCUT2D eigenvalue weighted by molar-refractivity contribution is -0.122. The van der Waals surface area contributed by atoms with Gasteiger partial charge in [-0.3, -0.25) is 4.79 Å². The zero-order chi connectivity index (χ0) is 12.2. The number of hydrogen-bond acceptors (Lipinski definition) is 3. The minimum atomic E-state index is -0.350. The molecule has 0 aromatic heterocycles. The van der Waals surface area contributed by atoms with Gasteiger partial charge in [-0.2, -0.15) is 0 Å². The van der Waals surface area contributed by atoms with Crippen LogP contribution in [0, 0.1) is 0 Å². The van der Waals surface area contributed by atoms with Crippen molar-refractivity contribution in [3.8, 4) is 0 Å². The number of ether oxygens (including phenoxy) is 1. The predicted molar refractivity (Wildman–Crippen MR) is 66.2 cm³/mol. The van der Waals surface area contributed by atoms with Crippen LogP contribution in [0.5, 0.6) is 0 Å². The van der Waals surface area contributed by atoms with Crippen LogP contribution in [-0.4, -0.2) is 31.7 Å². The molecule has 16 heavy (non-hydrogen) atoms. The fraction of sp³-hybridized carbons (Fsp3) is 0.917. The van der Waals surface area contributed by atoms with Crippen LogP contribution in [0.2, 0.25) is 0 Å². The Morgan fingerprint density at radius 2 is 2.00 bits per heavy atom. The van der Waals surface area contributed by atoms with Crippen LogP contribution in [0.1, 0.15) is 46.0 Å². The van der Waals surface area contributed by atoms with Crippen molar-refractivity contribution in [2.24, 2.45) is 5.73 Å².